The number of hydrogen-bond donors (Lipinski definition) is 1. The van der Waals surface area contributed by atoms with E-state index in [-0.39, 0.29) is 5.91 Å². The highest BCUT2D eigenvalue weighted by Crippen LogP contribution is 2.29. The molecule has 0 atom stereocenters. The van der Waals surface area contributed by atoms with Gasteiger partial charge in [-0.3, -0.25) is 9.78 Å². The van der Waals surface area contributed by atoms with Gasteiger partial charge in [-0.25, -0.2) is 9.97 Å². The fourth-order valence-corrected chi connectivity index (χ4v) is 3.42. The van der Waals surface area contributed by atoms with Crippen LogP contribution in [0.5, 0.6) is 11.6 Å². The standard InChI is InChI=1S/C25H20N6O2/c1-16-5-3-7-19(13-16)28-24(32)18-6-4-8-20(14-18)33-25-21-23(31(2)15-27-21)29-22(30-25)17-9-11-26-12-10-17/h3-15H,1-2H3,(H,28,32). The van der Waals surface area contributed by atoms with Crippen molar-refractivity contribution in [2.45, 2.75) is 6.92 Å². The summed E-state index contributed by atoms with van der Waals surface area (Å²) in [5.41, 5.74) is 4.25. The maximum atomic E-state index is 12.8. The number of aromatic nitrogens is 5. The van der Waals surface area contributed by atoms with Crippen LogP contribution < -0.4 is 10.1 Å². The smallest absolute Gasteiger partial charge is 0.255 e. The molecule has 5 rings (SSSR count). The highest BCUT2D eigenvalue weighted by molar-refractivity contribution is 6.04. The number of rotatable bonds is 5. The van der Waals surface area contributed by atoms with Crippen molar-refractivity contribution in [3.05, 3.63) is 90.5 Å². The van der Waals surface area contributed by atoms with E-state index in [1.165, 1.54) is 0 Å². The molecule has 0 saturated heterocycles. The lowest BCUT2D eigenvalue weighted by Gasteiger charge is -2.10. The van der Waals surface area contributed by atoms with Gasteiger partial charge >= 0.3 is 0 Å². The molecule has 0 radical (unpaired) electrons. The zero-order valence-corrected chi connectivity index (χ0v) is 18.1. The lowest BCUT2D eigenvalue weighted by atomic mass is 10.2. The van der Waals surface area contributed by atoms with Crippen LogP contribution in [0.15, 0.2) is 79.4 Å². The summed E-state index contributed by atoms with van der Waals surface area (Å²) < 4.78 is 7.91. The molecule has 0 unspecified atom stereocenters. The Morgan fingerprint density at radius 3 is 2.64 bits per heavy atom. The minimum atomic E-state index is -0.228. The third kappa shape index (κ3) is 4.27. The molecule has 0 aliphatic carbocycles. The van der Waals surface area contributed by atoms with Gasteiger partial charge in [0, 0.05) is 36.3 Å². The zero-order chi connectivity index (χ0) is 22.8. The highest BCUT2D eigenvalue weighted by Gasteiger charge is 2.16. The predicted octanol–water partition coefficient (Wildman–Crippen LogP) is 4.78. The van der Waals surface area contributed by atoms with E-state index in [0.29, 0.717) is 34.2 Å². The highest BCUT2D eigenvalue weighted by atomic mass is 16.5. The number of aryl methyl sites for hydroxylation is 2. The van der Waals surface area contributed by atoms with Crippen LogP contribution >= 0.6 is 0 Å². The number of carbonyl (C=O) groups excluding carboxylic acids is 1. The average molecular weight is 436 g/mol. The number of amides is 1. The predicted molar refractivity (Wildman–Crippen MR) is 125 cm³/mol. The number of fused-ring (bicyclic) bond motifs is 1. The molecule has 0 saturated carbocycles. The second-order valence-corrected chi connectivity index (χ2v) is 7.57. The lowest BCUT2D eigenvalue weighted by Crippen LogP contribution is -2.11. The van der Waals surface area contributed by atoms with Crippen LogP contribution in [0.25, 0.3) is 22.6 Å². The summed E-state index contributed by atoms with van der Waals surface area (Å²) in [5, 5.41) is 2.91. The van der Waals surface area contributed by atoms with Gasteiger partial charge in [-0.05, 0) is 55.0 Å². The van der Waals surface area contributed by atoms with Gasteiger partial charge in [-0.15, -0.1) is 0 Å². The van der Waals surface area contributed by atoms with E-state index in [1.54, 1.807) is 47.6 Å². The van der Waals surface area contributed by atoms with Crippen molar-refractivity contribution in [2.75, 3.05) is 5.32 Å². The largest absolute Gasteiger partial charge is 0.437 e. The molecule has 0 aliphatic heterocycles. The van der Waals surface area contributed by atoms with Crippen LogP contribution in [0.1, 0.15) is 15.9 Å². The summed E-state index contributed by atoms with van der Waals surface area (Å²) in [6, 6.07) is 18.2. The van der Waals surface area contributed by atoms with Crippen LogP contribution in [-0.4, -0.2) is 30.4 Å². The molecule has 0 spiro atoms. The molecular formula is C25H20N6O2. The summed E-state index contributed by atoms with van der Waals surface area (Å²) in [5.74, 6) is 1.05. The number of nitrogens with zero attached hydrogens (tertiary/aromatic N) is 5. The molecule has 1 amide bonds. The van der Waals surface area contributed by atoms with E-state index >= 15 is 0 Å². The first-order chi connectivity index (χ1) is 16.1. The average Bonchev–Trinajstić information content (AvgIpc) is 3.21. The Balaban J connectivity index is 1.47. The minimum Gasteiger partial charge on any atom is -0.437 e. The number of benzene rings is 2. The Kier molecular flexibility index (Phi) is 5.24. The maximum Gasteiger partial charge on any atom is 0.255 e. The monoisotopic (exact) mass is 436 g/mol. The number of ether oxygens (including phenoxy) is 1. The summed E-state index contributed by atoms with van der Waals surface area (Å²) >= 11 is 0. The molecule has 5 aromatic rings. The topological polar surface area (TPSA) is 94.8 Å². The summed E-state index contributed by atoms with van der Waals surface area (Å²) in [4.78, 5) is 30.4. The van der Waals surface area contributed by atoms with Crippen LogP contribution in [0.2, 0.25) is 0 Å². The first-order valence-corrected chi connectivity index (χ1v) is 10.3. The van der Waals surface area contributed by atoms with Gasteiger partial charge < -0.3 is 14.6 Å². The van der Waals surface area contributed by atoms with E-state index in [9.17, 15) is 4.79 Å². The van der Waals surface area contributed by atoms with Crippen molar-refractivity contribution in [3.63, 3.8) is 0 Å². The third-order valence-electron chi connectivity index (χ3n) is 5.05. The molecule has 2 aromatic carbocycles. The summed E-state index contributed by atoms with van der Waals surface area (Å²) in [6.45, 7) is 1.98. The van der Waals surface area contributed by atoms with Crippen molar-refractivity contribution in [1.82, 2.24) is 24.5 Å². The first-order valence-electron chi connectivity index (χ1n) is 10.3. The number of hydrogen-bond acceptors (Lipinski definition) is 6. The molecule has 3 aromatic heterocycles. The molecule has 8 heteroatoms. The van der Waals surface area contributed by atoms with Gasteiger partial charge in [0.05, 0.1) is 6.33 Å². The molecule has 33 heavy (non-hydrogen) atoms. The Morgan fingerprint density at radius 1 is 1.00 bits per heavy atom. The van der Waals surface area contributed by atoms with Gasteiger partial charge in [-0.2, -0.15) is 4.98 Å². The normalized spacial score (nSPS) is 10.8. The van der Waals surface area contributed by atoms with Crippen molar-refractivity contribution in [1.29, 1.82) is 0 Å². The summed E-state index contributed by atoms with van der Waals surface area (Å²) in [7, 11) is 1.86. The molecule has 162 valence electrons. The Labute approximate surface area is 190 Å². The number of anilines is 1. The quantitative estimate of drug-likeness (QED) is 0.426. The third-order valence-corrected chi connectivity index (χ3v) is 5.05. The van der Waals surface area contributed by atoms with E-state index in [2.05, 4.69) is 25.3 Å². The molecule has 1 N–H and O–H groups in total. The maximum absolute atomic E-state index is 12.8. The van der Waals surface area contributed by atoms with Crippen molar-refractivity contribution in [2.24, 2.45) is 7.05 Å². The SMILES string of the molecule is Cc1cccc(NC(=O)c2cccc(Oc3nc(-c4ccncc4)nc4c3ncn4C)c2)c1. The number of pyridine rings is 1. The molecule has 0 fully saturated rings. The second-order valence-electron chi connectivity index (χ2n) is 7.57. The van der Waals surface area contributed by atoms with Crippen molar-refractivity contribution >= 4 is 22.8 Å². The fourth-order valence-electron chi connectivity index (χ4n) is 3.42. The zero-order valence-electron chi connectivity index (χ0n) is 18.1. The van der Waals surface area contributed by atoms with Gasteiger partial charge in [-0.1, -0.05) is 18.2 Å². The molecular weight excluding hydrogens is 416 g/mol. The molecule has 0 bridgehead atoms. The minimum absolute atomic E-state index is 0.228. The van der Waals surface area contributed by atoms with Crippen molar-refractivity contribution in [3.8, 4) is 23.0 Å². The van der Waals surface area contributed by atoms with Gasteiger partial charge in [0.15, 0.2) is 17.0 Å². The number of carbonyl (C=O) groups is 1. The van der Waals surface area contributed by atoms with E-state index in [1.807, 2.05) is 50.4 Å². The Hall–Kier alpha value is -4.59. The van der Waals surface area contributed by atoms with Gasteiger partial charge in [0.2, 0.25) is 0 Å². The van der Waals surface area contributed by atoms with E-state index in [4.69, 9.17) is 4.74 Å². The van der Waals surface area contributed by atoms with E-state index < -0.39 is 0 Å². The van der Waals surface area contributed by atoms with Crippen LogP contribution in [0, 0.1) is 6.92 Å². The Bertz CT molecular complexity index is 1460. The number of nitrogens with one attached hydrogen (secondary N) is 1. The molecule has 8 nitrogen and oxygen atoms in total. The number of imidazole rings is 1. The first kappa shape index (κ1) is 20.3. The summed E-state index contributed by atoms with van der Waals surface area (Å²) in [6.07, 6.45) is 5.03. The van der Waals surface area contributed by atoms with Gasteiger partial charge in [0.1, 0.15) is 5.75 Å². The lowest BCUT2D eigenvalue weighted by molar-refractivity contribution is 0.102. The molecule has 3 heterocycles. The molecule has 0 aliphatic rings. The Morgan fingerprint density at radius 2 is 1.82 bits per heavy atom. The fraction of sp³-hybridized carbons (Fsp3) is 0.0800. The van der Waals surface area contributed by atoms with E-state index in [0.717, 1.165) is 16.8 Å². The van der Waals surface area contributed by atoms with Crippen molar-refractivity contribution < 1.29 is 9.53 Å². The van der Waals surface area contributed by atoms with Crippen LogP contribution in [0.3, 0.4) is 0 Å². The van der Waals surface area contributed by atoms with Crippen LogP contribution in [-0.2, 0) is 7.05 Å². The van der Waals surface area contributed by atoms with Crippen LogP contribution in [0.4, 0.5) is 5.69 Å². The second kappa shape index (κ2) is 8.51. The van der Waals surface area contributed by atoms with Gasteiger partial charge in [0.25, 0.3) is 11.8 Å².